The molecule has 0 aliphatic heterocycles. The number of nitrogens with zero attached hydrogens (tertiary/aromatic N) is 4. The van der Waals surface area contributed by atoms with E-state index in [9.17, 15) is 18.8 Å². The lowest BCUT2D eigenvalue weighted by atomic mass is 9.84. The molecule has 0 saturated carbocycles. The van der Waals surface area contributed by atoms with E-state index < -0.39 is 17.3 Å². The van der Waals surface area contributed by atoms with Crippen LogP contribution in [0.1, 0.15) is 70.4 Å². The molecule has 180 valence electrons. The summed E-state index contributed by atoms with van der Waals surface area (Å²) in [6, 6.07) is 10.5. The fraction of sp³-hybridized carbons (Fsp3) is 0.417. The molecule has 1 aromatic carbocycles. The van der Waals surface area contributed by atoms with Crippen molar-refractivity contribution >= 4 is 17.5 Å². The van der Waals surface area contributed by atoms with E-state index in [0.29, 0.717) is 28.2 Å². The summed E-state index contributed by atoms with van der Waals surface area (Å²) >= 11 is 0. The number of hydrogen-bond donors (Lipinski definition) is 2. The van der Waals surface area contributed by atoms with Gasteiger partial charge in [0.2, 0.25) is 5.91 Å². The summed E-state index contributed by atoms with van der Waals surface area (Å²) in [6.07, 6.45) is 0. The molecule has 0 saturated heterocycles. The topological polar surface area (TPSA) is 123 Å². The molecule has 0 bridgehead atoms. The Labute approximate surface area is 196 Å². The van der Waals surface area contributed by atoms with Crippen molar-refractivity contribution in [2.24, 2.45) is 0 Å². The van der Waals surface area contributed by atoms with Crippen LogP contribution in [0.25, 0.3) is 11.3 Å². The largest absolute Gasteiger partial charge is 0.383 e. The number of carbonyl (C=O) groups is 1. The van der Waals surface area contributed by atoms with E-state index in [2.05, 4.69) is 21.6 Å². The number of halogens is 2. The molecule has 0 aliphatic carbocycles. The first-order valence-electron chi connectivity index (χ1n) is 10.8. The molecule has 0 radical (unpaired) electrons. The lowest BCUT2D eigenvalue weighted by molar-refractivity contribution is -0.117. The van der Waals surface area contributed by atoms with Crippen LogP contribution in [0.2, 0.25) is 0 Å². The number of nitrogens with two attached hydrogens (primary N) is 1. The molecule has 2 aromatic heterocycles. The zero-order valence-electron chi connectivity index (χ0n) is 20.0. The molecule has 3 aromatic rings. The van der Waals surface area contributed by atoms with E-state index in [1.807, 2.05) is 13.8 Å². The van der Waals surface area contributed by atoms with Crippen LogP contribution in [-0.2, 0) is 10.2 Å². The predicted octanol–water partition coefficient (Wildman–Crippen LogP) is 5.25. The zero-order valence-corrected chi connectivity index (χ0v) is 20.0. The van der Waals surface area contributed by atoms with E-state index >= 15 is 0 Å². The Hall–Kier alpha value is -3.74. The van der Waals surface area contributed by atoms with E-state index in [0.717, 1.165) is 6.92 Å². The molecule has 34 heavy (non-hydrogen) atoms. The number of nitrogen functional groups attached to an aromatic ring is 1. The molecular formula is C24H28F2N6O2. The molecule has 10 heteroatoms. The molecule has 3 N–H and O–H groups in total. The second-order valence-corrected chi connectivity index (χ2v) is 9.18. The minimum Gasteiger partial charge on any atom is -0.383 e. The molecule has 1 amide bonds. The highest BCUT2D eigenvalue weighted by Gasteiger charge is 2.46. The van der Waals surface area contributed by atoms with Crippen molar-refractivity contribution in [3.8, 4) is 17.3 Å². The SMILES string of the molecule is CC(C(=O)Nc1cc(C(C)(C)C(C)(F)F)on1)c1ccc(-c2nn(C(C)C)c(N)c2C#N)cc1. The summed E-state index contributed by atoms with van der Waals surface area (Å²) in [5, 5.41) is 20.3. The number of rotatable bonds is 7. The Morgan fingerprint density at radius 3 is 2.35 bits per heavy atom. The summed E-state index contributed by atoms with van der Waals surface area (Å²) in [5.41, 5.74) is 6.66. The van der Waals surface area contributed by atoms with Crippen LogP contribution in [0.4, 0.5) is 20.4 Å². The second kappa shape index (κ2) is 8.89. The maximum atomic E-state index is 13.9. The minimum atomic E-state index is -3.04. The van der Waals surface area contributed by atoms with Gasteiger partial charge in [-0.3, -0.25) is 4.79 Å². The van der Waals surface area contributed by atoms with Crippen molar-refractivity contribution in [2.75, 3.05) is 11.1 Å². The van der Waals surface area contributed by atoms with Crippen LogP contribution in [0.3, 0.4) is 0 Å². The third kappa shape index (κ3) is 4.51. The van der Waals surface area contributed by atoms with Gasteiger partial charge in [-0.1, -0.05) is 29.4 Å². The Balaban J connectivity index is 1.77. The number of nitrogens with one attached hydrogen (secondary N) is 1. The standard InChI is InChI=1S/C24H28F2N6O2/c1-13(2)32-21(28)17(12-27)20(30-32)16-9-7-15(8-10-16)14(3)22(33)29-19-11-18(34-31-19)23(4,5)24(6,25)26/h7-11,13-14H,28H2,1-6H3,(H,29,31,33). The molecule has 0 fully saturated rings. The monoisotopic (exact) mass is 470 g/mol. The number of anilines is 2. The molecule has 0 aliphatic rings. The smallest absolute Gasteiger partial charge is 0.257 e. The first-order valence-corrected chi connectivity index (χ1v) is 10.8. The van der Waals surface area contributed by atoms with Crippen LogP contribution >= 0.6 is 0 Å². The lowest BCUT2D eigenvalue weighted by Crippen LogP contribution is -2.37. The quantitative estimate of drug-likeness (QED) is 0.486. The van der Waals surface area contributed by atoms with Gasteiger partial charge in [-0.2, -0.15) is 10.4 Å². The van der Waals surface area contributed by atoms with Gasteiger partial charge < -0.3 is 15.6 Å². The molecule has 0 spiro atoms. The Morgan fingerprint density at radius 1 is 1.21 bits per heavy atom. The normalized spacial score (nSPS) is 13.1. The van der Waals surface area contributed by atoms with Crippen LogP contribution in [0, 0.1) is 11.3 Å². The van der Waals surface area contributed by atoms with Gasteiger partial charge in [0.05, 0.1) is 11.3 Å². The van der Waals surface area contributed by atoms with Gasteiger partial charge in [0.15, 0.2) is 11.6 Å². The van der Waals surface area contributed by atoms with Gasteiger partial charge in [0, 0.05) is 24.6 Å². The highest BCUT2D eigenvalue weighted by Crippen LogP contribution is 2.39. The fourth-order valence-electron chi connectivity index (χ4n) is 3.31. The highest BCUT2D eigenvalue weighted by atomic mass is 19.3. The van der Waals surface area contributed by atoms with Crippen LogP contribution < -0.4 is 11.1 Å². The van der Waals surface area contributed by atoms with E-state index in [1.165, 1.54) is 19.9 Å². The minimum absolute atomic E-state index is 0.00461. The third-order valence-corrected chi connectivity index (χ3v) is 6.10. The van der Waals surface area contributed by atoms with Gasteiger partial charge in [-0.15, -0.1) is 0 Å². The lowest BCUT2D eigenvalue weighted by Gasteiger charge is -2.28. The Morgan fingerprint density at radius 2 is 1.82 bits per heavy atom. The van der Waals surface area contributed by atoms with Gasteiger partial charge >= 0.3 is 0 Å². The maximum Gasteiger partial charge on any atom is 0.257 e. The summed E-state index contributed by atoms with van der Waals surface area (Å²) in [5.74, 6) is -3.64. The fourth-order valence-corrected chi connectivity index (χ4v) is 3.31. The first-order chi connectivity index (χ1) is 15.8. The number of alkyl halides is 2. The van der Waals surface area contributed by atoms with Crippen LogP contribution in [0.15, 0.2) is 34.9 Å². The summed E-state index contributed by atoms with van der Waals surface area (Å²) in [6.45, 7) is 9.05. The summed E-state index contributed by atoms with van der Waals surface area (Å²) < 4.78 is 34.4. The van der Waals surface area contributed by atoms with Crippen molar-refractivity contribution in [1.29, 1.82) is 5.26 Å². The zero-order chi connectivity index (χ0) is 25.4. The number of aromatic nitrogens is 3. The Bertz CT molecular complexity index is 1230. The molecular weight excluding hydrogens is 442 g/mol. The van der Waals surface area contributed by atoms with Crippen molar-refractivity contribution < 1.29 is 18.1 Å². The number of carbonyl (C=O) groups excluding carboxylic acids is 1. The number of hydrogen-bond acceptors (Lipinski definition) is 6. The van der Waals surface area contributed by atoms with Gasteiger partial charge in [0.1, 0.15) is 23.1 Å². The van der Waals surface area contributed by atoms with E-state index in [4.69, 9.17) is 10.3 Å². The van der Waals surface area contributed by atoms with Crippen molar-refractivity contribution in [3.05, 3.63) is 47.2 Å². The molecule has 1 unspecified atom stereocenters. The van der Waals surface area contributed by atoms with E-state index in [-0.39, 0.29) is 23.5 Å². The van der Waals surface area contributed by atoms with Crippen LogP contribution in [0.5, 0.6) is 0 Å². The predicted molar refractivity (Wildman–Crippen MR) is 124 cm³/mol. The van der Waals surface area contributed by atoms with E-state index in [1.54, 1.807) is 35.9 Å². The molecule has 8 nitrogen and oxygen atoms in total. The van der Waals surface area contributed by atoms with Crippen LogP contribution in [-0.4, -0.2) is 26.8 Å². The number of benzene rings is 1. The van der Waals surface area contributed by atoms with Gasteiger partial charge in [-0.25, -0.2) is 13.5 Å². The number of nitriles is 1. The maximum absolute atomic E-state index is 13.9. The Kier molecular flexibility index (Phi) is 6.51. The average molecular weight is 471 g/mol. The summed E-state index contributed by atoms with van der Waals surface area (Å²) in [4.78, 5) is 12.7. The first kappa shape index (κ1) is 24.9. The molecule has 3 rings (SSSR count). The number of amides is 1. The van der Waals surface area contributed by atoms with Gasteiger partial charge in [-0.05, 0) is 40.2 Å². The molecule has 1 atom stereocenters. The van der Waals surface area contributed by atoms with Crippen molar-refractivity contribution in [3.63, 3.8) is 0 Å². The third-order valence-electron chi connectivity index (χ3n) is 6.10. The highest BCUT2D eigenvalue weighted by molar-refractivity contribution is 5.94. The van der Waals surface area contributed by atoms with Gasteiger partial charge in [0.25, 0.3) is 5.92 Å². The summed E-state index contributed by atoms with van der Waals surface area (Å²) in [7, 11) is 0. The van der Waals surface area contributed by atoms with Crippen molar-refractivity contribution in [2.45, 2.75) is 64.8 Å². The molecule has 2 heterocycles. The second-order valence-electron chi connectivity index (χ2n) is 9.18. The van der Waals surface area contributed by atoms with Crippen molar-refractivity contribution in [1.82, 2.24) is 14.9 Å². The average Bonchev–Trinajstić information content (AvgIpc) is 3.37.